The minimum Gasteiger partial charge on any atom is -0.258 e. The molecule has 3 rings (SSSR count). The van der Waals surface area contributed by atoms with E-state index in [1.807, 2.05) is 0 Å². The zero-order valence-corrected chi connectivity index (χ0v) is 10.6. The predicted molar refractivity (Wildman–Crippen MR) is 71.6 cm³/mol. The van der Waals surface area contributed by atoms with Crippen molar-refractivity contribution in [2.45, 2.75) is 6.54 Å². The Hall–Kier alpha value is -3.03. The van der Waals surface area contributed by atoms with Crippen molar-refractivity contribution in [2.75, 3.05) is 0 Å². The quantitative estimate of drug-likeness (QED) is 0.541. The molecule has 3 aromatic rings. The van der Waals surface area contributed by atoms with Gasteiger partial charge in [-0.25, -0.2) is 9.48 Å². The van der Waals surface area contributed by atoms with Crippen LogP contribution in [0.3, 0.4) is 0 Å². The fourth-order valence-corrected chi connectivity index (χ4v) is 2.04. The van der Waals surface area contributed by atoms with Gasteiger partial charge in [0.1, 0.15) is 0 Å². The average molecular weight is 288 g/mol. The topological polar surface area (TPSA) is 82.4 Å². The van der Waals surface area contributed by atoms with Gasteiger partial charge in [0.25, 0.3) is 0 Å². The smallest absolute Gasteiger partial charge is 0.258 e. The summed E-state index contributed by atoms with van der Waals surface area (Å²) in [7, 11) is 0. The molecule has 2 aromatic heterocycles. The summed E-state index contributed by atoms with van der Waals surface area (Å²) in [6.07, 6.45) is 1.58. The second-order valence-corrected chi connectivity index (χ2v) is 4.41. The lowest BCUT2D eigenvalue weighted by Crippen LogP contribution is -2.21. The van der Waals surface area contributed by atoms with Crippen LogP contribution in [-0.2, 0) is 6.54 Å². The number of fused-ring (bicyclic) bond motifs is 1. The lowest BCUT2D eigenvalue weighted by atomic mass is 10.2. The molecule has 0 amide bonds. The van der Waals surface area contributed by atoms with Crippen LogP contribution in [0.5, 0.6) is 0 Å². The van der Waals surface area contributed by atoms with E-state index in [0.717, 1.165) is 12.1 Å². The first-order chi connectivity index (χ1) is 10.1. The number of hydrogen-bond donors (Lipinski definition) is 0. The molecular formula is C13H9FN4O3. The van der Waals surface area contributed by atoms with Crippen LogP contribution in [-0.4, -0.2) is 19.1 Å². The summed E-state index contributed by atoms with van der Waals surface area (Å²) in [5.74, 6) is -0.936. The molecule has 7 nitrogen and oxygen atoms in total. The maximum atomic E-state index is 13.6. The normalized spacial score (nSPS) is 10.9. The van der Waals surface area contributed by atoms with E-state index in [4.69, 9.17) is 0 Å². The number of nitrogens with zero attached hydrogens (tertiary/aromatic N) is 4. The highest BCUT2D eigenvalue weighted by molar-refractivity contribution is 5.37. The van der Waals surface area contributed by atoms with Crippen LogP contribution in [0.2, 0.25) is 0 Å². The van der Waals surface area contributed by atoms with Crippen molar-refractivity contribution in [3.63, 3.8) is 0 Å². The van der Waals surface area contributed by atoms with Gasteiger partial charge in [0.2, 0.25) is 5.82 Å². The highest BCUT2D eigenvalue weighted by Crippen LogP contribution is 2.18. The minimum atomic E-state index is -0.936. The Morgan fingerprint density at radius 2 is 2.10 bits per heavy atom. The number of hydrogen-bond acceptors (Lipinski definition) is 4. The molecule has 0 N–H and O–H groups in total. The van der Waals surface area contributed by atoms with Crippen LogP contribution >= 0.6 is 0 Å². The maximum absolute atomic E-state index is 13.6. The fraction of sp³-hybridized carbons (Fsp3) is 0.0769. The van der Waals surface area contributed by atoms with Crippen molar-refractivity contribution in [3.05, 3.63) is 74.6 Å². The van der Waals surface area contributed by atoms with Gasteiger partial charge in [0.15, 0.2) is 5.65 Å². The third kappa shape index (κ3) is 2.27. The van der Waals surface area contributed by atoms with Crippen LogP contribution in [0.1, 0.15) is 5.56 Å². The summed E-state index contributed by atoms with van der Waals surface area (Å²) in [5.41, 5.74) is -0.0565. The molecule has 0 saturated heterocycles. The average Bonchev–Trinajstić information content (AvgIpc) is 2.76. The molecule has 0 saturated carbocycles. The molecule has 0 spiro atoms. The summed E-state index contributed by atoms with van der Waals surface area (Å²) in [6, 6.07) is 8.63. The third-order valence-electron chi connectivity index (χ3n) is 3.03. The monoisotopic (exact) mass is 288 g/mol. The van der Waals surface area contributed by atoms with Crippen LogP contribution in [0.25, 0.3) is 5.65 Å². The summed E-state index contributed by atoms with van der Waals surface area (Å²) >= 11 is 0. The lowest BCUT2D eigenvalue weighted by molar-refractivity contribution is -0.387. The number of nitro groups is 1. The van der Waals surface area contributed by atoms with Crippen LogP contribution in [0.4, 0.5) is 10.1 Å². The Balaban J connectivity index is 1.99. The highest BCUT2D eigenvalue weighted by atomic mass is 19.1. The van der Waals surface area contributed by atoms with E-state index in [2.05, 4.69) is 5.10 Å². The van der Waals surface area contributed by atoms with Gasteiger partial charge in [0, 0.05) is 12.3 Å². The number of pyridine rings is 1. The van der Waals surface area contributed by atoms with Crippen molar-refractivity contribution in [2.24, 2.45) is 0 Å². The molecule has 0 aliphatic rings. The number of halogens is 1. The molecule has 0 unspecified atom stereocenters. The largest absolute Gasteiger partial charge is 0.350 e. The molecule has 21 heavy (non-hydrogen) atoms. The molecule has 0 fully saturated rings. The number of benzene rings is 1. The van der Waals surface area contributed by atoms with Gasteiger partial charge in [-0.1, -0.05) is 12.1 Å². The fourth-order valence-electron chi connectivity index (χ4n) is 2.04. The Morgan fingerprint density at radius 1 is 1.29 bits per heavy atom. The summed E-state index contributed by atoms with van der Waals surface area (Å²) in [6.45, 7) is 0.0371. The second kappa shape index (κ2) is 4.82. The van der Waals surface area contributed by atoms with Gasteiger partial charge in [-0.05, 0) is 23.8 Å². The lowest BCUT2D eigenvalue weighted by Gasteiger charge is -2.01. The van der Waals surface area contributed by atoms with E-state index < -0.39 is 16.4 Å². The molecule has 0 atom stereocenters. The minimum absolute atomic E-state index is 0.0371. The molecule has 8 heteroatoms. The van der Waals surface area contributed by atoms with Gasteiger partial charge in [-0.3, -0.25) is 14.5 Å². The van der Waals surface area contributed by atoms with Crippen molar-refractivity contribution < 1.29 is 9.31 Å². The zero-order chi connectivity index (χ0) is 15.0. The molecule has 0 radical (unpaired) electrons. The molecule has 2 heterocycles. The molecule has 0 aliphatic heterocycles. The first-order valence-electron chi connectivity index (χ1n) is 6.03. The van der Waals surface area contributed by atoms with E-state index in [1.165, 1.54) is 15.1 Å². The van der Waals surface area contributed by atoms with E-state index in [-0.39, 0.29) is 12.2 Å². The first kappa shape index (κ1) is 13.0. The maximum Gasteiger partial charge on any atom is 0.350 e. The Bertz CT molecular complexity index is 900. The van der Waals surface area contributed by atoms with Gasteiger partial charge < -0.3 is 0 Å². The van der Waals surface area contributed by atoms with E-state index in [9.17, 15) is 19.3 Å². The first-order valence-corrected chi connectivity index (χ1v) is 6.03. The summed E-state index contributed by atoms with van der Waals surface area (Å²) in [5, 5.41) is 14.7. The molecule has 0 aliphatic carbocycles. The van der Waals surface area contributed by atoms with E-state index in [1.54, 1.807) is 24.4 Å². The van der Waals surface area contributed by atoms with Crippen molar-refractivity contribution in [1.29, 1.82) is 0 Å². The van der Waals surface area contributed by atoms with Crippen LogP contribution in [0, 0.1) is 15.9 Å². The van der Waals surface area contributed by atoms with Crippen LogP contribution in [0.15, 0.2) is 47.4 Å². The third-order valence-corrected chi connectivity index (χ3v) is 3.03. The standard InChI is InChI=1S/C13H9FN4O3/c14-10-7-9(4-5-11(10)18(20)21)8-17-13(19)16-6-2-1-3-12(16)15-17/h1-7H,8H2. The van der Waals surface area contributed by atoms with Crippen molar-refractivity contribution in [3.8, 4) is 0 Å². The summed E-state index contributed by atoms with van der Waals surface area (Å²) in [4.78, 5) is 21.8. The van der Waals surface area contributed by atoms with Gasteiger partial charge in [-0.2, -0.15) is 4.39 Å². The number of rotatable bonds is 3. The number of aromatic nitrogens is 3. The van der Waals surface area contributed by atoms with E-state index in [0.29, 0.717) is 11.2 Å². The zero-order valence-electron chi connectivity index (χ0n) is 10.6. The Labute approximate surface area is 117 Å². The van der Waals surface area contributed by atoms with E-state index >= 15 is 0 Å². The highest BCUT2D eigenvalue weighted by Gasteiger charge is 2.14. The number of nitro benzene ring substituents is 1. The van der Waals surface area contributed by atoms with Gasteiger partial charge in [0.05, 0.1) is 11.5 Å². The van der Waals surface area contributed by atoms with Crippen molar-refractivity contribution in [1.82, 2.24) is 14.2 Å². The van der Waals surface area contributed by atoms with Gasteiger partial charge in [-0.15, -0.1) is 5.10 Å². The SMILES string of the molecule is O=c1n(Cc2ccc([N+](=O)[O-])c(F)c2)nc2ccccn12. The van der Waals surface area contributed by atoms with Crippen LogP contribution < -0.4 is 5.69 Å². The molecule has 0 bridgehead atoms. The van der Waals surface area contributed by atoms with Crippen molar-refractivity contribution >= 4 is 11.3 Å². The molecule has 106 valence electrons. The van der Waals surface area contributed by atoms with Gasteiger partial charge >= 0.3 is 11.4 Å². The Kier molecular flexibility index (Phi) is 2.98. The predicted octanol–water partition coefficient (Wildman–Crippen LogP) is 1.59. The Morgan fingerprint density at radius 3 is 2.76 bits per heavy atom. The second-order valence-electron chi connectivity index (χ2n) is 4.41. The molecule has 1 aromatic carbocycles. The molecular weight excluding hydrogens is 279 g/mol. The summed E-state index contributed by atoms with van der Waals surface area (Å²) < 4.78 is 16.1.